The van der Waals surface area contributed by atoms with Crippen LogP contribution in [0.2, 0.25) is 0 Å². The normalized spacial score (nSPS) is 14.1. The highest BCUT2D eigenvalue weighted by molar-refractivity contribution is 5.12. The van der Waals surface area contributed by atoms with E-state index in [1.54, 1.807) is 0 Å². The van der Waals surface area contributed by atoms with E-state index in [1.165, 1.54) is 5.69 Å². The van der Waals surface area contributed by atoms with Gasteiger partial charge >= 0.3 is 0 Å². The van der Waals surface area contributed by atoms with Crippen molar-refractivity contribution in [2.24, 2.45) is 0 Å². The highest BCUT2D eigenvalue weighted by Crippen LogP contribution is 2.20. The van der Waals surface area contributed by atoms with Crippen LogP contribution < -0.4 is 5.32 Å². The molecule has 0 aromatic carbocycles. The highest BCUT2D eigenvalue weighted by Gasteiger charge is 2.31. The van der Waals surface area contributed by atoms with Gasteiger partial charge in [0.2, 0.25) is 0 Å². The molecule has 1 heterocycles. The van der Waals surface area contributed by atoms with Gasteiger partial charge in [-0.3, -0.25) is 4.68 Å². The Hall–Kier alpha value is -0.870. The maximum absolute atomic E-state index is 4.54. The first-order chi connectivity index (χ1) is 8.82. The summed E-state index contributed by atoms with van der Waals surface area (Å²) in [5.41, 5.74) is 2.53. The molecule has 0 aliphatic rings. The minimum absolute atomic E-state index is 0.104. The van der Waals surface area contributed by atoms with Gasteiger partial charge in [0.15, 0.2) is 0 Å². The predicted octanol–water partition coefficient (Wildman–Crippen LogP) is 2.07. The minimum atomic E-state index is 0.104. The first kappa shape index (κ1) is 16.2. The van der Waals surface area contributed by atoms with Crippen molar-refractivity contribution in [1.29, 1.82) is 0 Å². The van der Waals surface area contributed by atoms with Crippen LogP contribution in [0, 0.1) is 6.92 Å². The highest BCUT2D eigenvalue weighted by atomic mass is 15.3. The van der Waals surface area contributed by atoms with Gasteiger partial charge < -0.3 is 10.2 Å². The van der Waals surface area contributed by atoms with E-state index in [2.05, 4.69) is 74.8 Å². The van der Waals surface area contributed by atoms with E-state index in [-0.39, 0.29) is 5.54 Å². The molecule has 0 aliphatic heterocycles. The molecular formula is C15H30N4. The number of hydrogen-bond donors (Lipinski definition) is 1. The van der Waals surface area contributed by atoms with Crippen molar-refractivity contribution >= 4 is 0 Å². The van der Waals surface area contributed by atoms with Crippen LogP contribution in [0.5, 0.6) is 0 Å². The summed E-state index contributed by atoms with van der Waals surface area (Å²) in [5, 5.41) is 8.17. The molecule has 0 bridgehead atoms. The van der Waals surface area contributed by atoms with E-state index in [1.807, 2.05) is 0 Å². The first-order valence-electron chi connectivity index (χ1n) is 7.27. The predicted molar refractivity (Wildman–Crippen MR) is 81.6 cm³/mol. The number of nitrogens with zero attached hydrogens (tertiary/aromatic N) is 3. The zero-order valence-corrected chi connectivity index (χ0v) is 13.6. The third kappa shape index (κ3) is 3.80. The first-order valence-corrected chi connectivity index (χ1v) is 7.27. The summed E-state index contributed by atoms with van der Waals surface area (Å²) < 4.78 is 2.12. The summed E-state index contributed by atoms with van der Waals surface area (Å²) >= 11 is 0. The minimum Gasteiger partial charge on any atom is -0.312 e. The van der Waals surface area contributed by atoms with Crippen molar-refractivity contribution in [1.82, 2.24) is 20.0 Å². The number of aromatic nitrogens is 2. The molecule has 0 fully saturated rings. The summed E-state index contributed by atoms with van der Waals surface area (Å²) in [4.78, 5) is 2.29. The number of rotatable bonds is 7. The molecule has 0 aliphatic carbocycles. The van der Waals surface area contributed by atoms with Crippen molar-refractivity contribution in [3.63, 3.8) is 0 Å². The number of likely N-dealkylation sites (N-methyl/N-ethyl adjacent to an activating group) is 2. The molecule has 110 valence electrons. The van der Waals surface area contributed by atoms with Gasteiger partial charge in [0.05, 0.1) is 5.69 Å². The van der Waals surface area contributed by atoms with E-state index < -0.39 is 0 Å². The second-order valence-electron chi connectivity index (χ2n) is 5.96. The molecule has 1 aromatic heterocycles. The largest absolute Gasteiger partial charge is 0.312 e. The molecule has 1 rings (SSSR count). The Bertz CT molecular complexity index is 393. The van der Waals surface area contributed by atoms with Crippen LogP contribution in [-0.2, 0) is 13.0 Å². The van der Waals surface area contributed by atoms with Crippen LogP contribution in [0.15, 0.2) is 6.07 Å². The topological polar surface area (TPSA) is 33.1 Å². The van der Waals surface area contributed by atoms with Crippen molar-refractivity contribution in [3.8, 4) is 0 Å². The average molecular weight is 266 g/mol. The van der Waals surface area contributed by atoms with Crippen molar-refractivity contribution in [2.45, 2.75) is 59.2 Å². The lowest BCUT2D eigenvalue weighted by atomic mass is 9.89. The Morgan fingerprint density at radius 3 is 2.47 bits per heavy atom. The van der Waals surface area contributed by atoms with Gasteiger partial charge in [0, 0.05) is 30.2 Å². The van der Waals surface area contributed by atoms with E-state index in [9.17, 15) is 0 Å². The maximum atomic E-state index is 4.54. The van der Waals surface area contributed by atoms with Gasteiger partial charge in [-0.2, -0.15) is 5.10 Å². The van der Waals surface area contributed by atoms with Gasteiger partial charge in [-0.25, -0.2) is 0 Å². The Labute approximate surface area is 118 Å². The van der Waals surface area contributed by atoms with E-state index >= 15 is 0 Å². The summed E-state index contributed by atoms with van der Waals surface area (Å²) in [5.74, 6) is 0. The molecule has 19 heavy (non-hydrogen) atoms. The average Bonchev–Trinajstić information content (AvgIpc) is 2.68. The van der Waals surface area contributed by atoms with Crippen LogP contribution in [0.3, 0.4) is 0 Å². The Morgan fingerprint density at radius 1 is 1.37 bits per heavy atom. The Kier molecular flexibility index (Phi) is 5.56. The fourth-order valence-corrected chi connectivity index (χ4v) is 2.38. The number of nitrogens with one attached hydrogen (secondary N) is 1. The van der Waals surface area contributed by atoms with Gasteiger partial charge in [0.25, 0.3) is 0 Å². The second kappa shape index (κ2) is 6.53. The zero-order valence-electron chi connectivity index (χ0n) is 13.6. The standard InChI is InChI=1S/C15H30N4/c1-8-16-14(15(4,5)18(6)7)11-13-10-12(3)17-19(13)9-2/h10,14,16H,8-9,11H2,1-7H3. The molecule has 1 N–H and O–H groups in total. The fraction of sp³-hybridized carbons (Fsp3) is 0.800. The molecule has 0 saturated heterocycles. The lowest BCUT2D eigenvalue weighted by Gasteiger charge is -2.40. The summed E-state index contributed by atoms with van der Waals surface area (Å²) in [6.07, 6.45) is 1.01. The molecule has 1 unspecified atom stereocenters. The van der Waals surface area contributed by atoms with Gasteiger partial charge in [0.1, 0.15) is 0 Å². The molecule has 4 heteroatoms. The summed E-state index contributed by atoms with van der Waals surface area (Å²) in [7, 11) is 4.29. The summed E-state index contributed by atoms with van der Waals surface area (Å²) in [6.45, 7) is 12.9. The van der Waals surface area contributed by atoms with Crippen LogP contribution in [0.4, 0.5) is 0 Å². The smallest absolute Gasteiger partial charge is 0.0596 e. The monoisotopic (exact) mass is 266 g/mol. The van der Waals surface area contributed by atoms with Gasteiger partial charge in [-0.15, -0.1) is 0 Å². The van der Waals surface area contributed by atoms with E-state index in [4.69, 9.17) is 0 Å². The van der Waals surface area contributed by atoms with Crippen LogP contribution >= 0.6 is 0 Å². The third-order valence-electron chi connectivity index (χ3n) is 4.15. The molecule has 1 aromatic rings. The molecule has 4 nitrogen and oxygen atoms in total. The second-order valence-corrected chi connectivity index (χ2v) is 5.96. The number of aryl methyl sites for hydroxylation is 2. The maximum Gasteiger partial charge on any atom is 0.0596 e. The van der Waals surface area contributed by atoms with E-state index in [0.717, 1.165) is 25.2 Å². The van der Waals surface area contributed by atoms with Crippen molar-refractivity contribution < 1.29 is 0 Å². The van der Waals surface area contributed by atoms with Crippen molar-refractivity contribution in [2.75, 3.05) is 20.6 Å². The van der Waals surface area contributed by atoms with Gasteiger partial charge in [-0.1, -0.05) is 6.92 Å². The third-order valence-corrected chi connectivity index (χ3v) is 4.15. The van der Waals surface area contributed by atoms with Crippen LogP contribution in [0.25, 0.3) is 0 Å². The summed E-state index contributed by atoms with van der Waals surface area (Å²) in [6, 6.07) is 2.62. The molecule has 1 atom stereocenters. The Balaban J connectivity index is 2.95. The molecule has 0 radical (unpaired) electrons. The molecular weight excluding hydrogens is 236 g/mol. The Morgan fingerprint density at radius 2 is 2.00 bits per heavy atom. The fourth-order valence-electron chi connectivity index (χ4n) is 2.38. The zero-order chi connectivity index (χ0) is 14.6. The molecule has 0 amide bonds. The lowest BCUT2D eigenvalue weighted by molar-refractivity contribution is 0.137. The molecule has 0 spiro atoms. The molecule has 0 saturated carbocycles. The number of hydrogen-bond acceptors (Lipinski definition) is 3. The quantitative estimate of drug-likeness (QED) is 0.820. The van der Waals surface area contributed by atoms with Crippen LogP contribution in [0.1, 0.15) is 39.1 Å². The van der Waals surface area contributed by atoms with Crippen LogP contribution in [-0.4, -0.2) is 46.9 Å². The van der Waals surface area contributed by atoms with E-state index in [0.29, 0.717) is 6.04 Å². The van der Waals surface area contributed by atoms with Gasteiger partial charge in [-0.05, 0) is 54.4 Å². The van der Waals surface area contributed by atoms with Crippen molar-refractivity contribution in [3.05, 3.63) is 17.5 Å². The lowest BCUT2D eigenvalue weighted by Crippen LogP contribution is -2.56. The SMILES string of the molecule is CCNC(Cc1cc(C)nn1CC)C(C)(C)N(C)C.